The minimum atomic E-state index is -0.299. The SMILES string of the molecule is CC(C)CC(N)c1nc(C(=O)NC(C)c2cccc3ccccc23)co1. The molecule has 3 N–H and O–H groups in total. The Labute approximate surface area is 153 Å². The van der Waals surface area contributed by atoms with Crippen LogP contribution in [0.1, 0.15) is 61.2 Å². The molecule has 2 aromatic carbocycles. The summed E-state index contributed by atoms with van der Waals surface area (Å²) in [4.78, 5) is 16.8. The fourth-order valence-corrected chi connectivity index (χ4v) is 3.15. The third kappa shape index (κ3) is 3.94. The molecule has 0 saturated carbocycles. The van der Waals surface area contributed by atoms with Gasteiger partial charge >= 0.3 is 0 Å². The lowest BCUT2D eigenvalue weighted by Gasteiger charge is -2.16. The van der Waals surface area contributed by atoms with E-state index in [2.05, 4.69) is 42.3 Å². The highest BCUT2D eigenvalue weighted by Gasteiger charge is 2.20. The van der Waals surface area contributed by atoms with Crippen molar-refractivity contribution in [3.63, 3.8) is 0 Å². The molecular formula is C21H25N3O2. The van der Waals surface area contributed by atoms with Crippen LogP contribution in [0.15, 0.2) is 53.1 Å². The maximum atomic E-state index is 12.5. The fraction of sp³-hybridized carbons (Fsp3) is 0.333. The topological polar surface area (TPSA) is 81.1 Å². The molecule has 5 nitrogen and oxygen atoms in total. The van der Waals surface area contributed by atoms with E-state index in [0.29, 0.717) is 11.8 Å². The summed E-state index contributed by atoms with van der Waals surface area (Å²) in [6.07, 6.45) is 2.13. The zero-order chi connectivity index (χ0) is 18.7. The van der Waals surface area contributed by atoms with Crippen LogP contribution in [0.4, 0.5) is 0 Å². The molecule has 1 amide bonds. The van der Waals surface area contributed by atoms with Crippen molar-refractivity contribution in [2.24, 2.45) is 11.7 Å². The zero-order valence-electron chi connectivity index (χ0n) is 15.4. The number of carbonyl (C=O) groups excluding carboxylic acids is 1. The van der Waals surface area contributed by atoms with Gasteiger partial charge in [0.15, 0.2) is 5.69 Å². The second-order valence-electron chi connectivity index (χ2n) is 7.07. The minimum absolute atomic E-state index is 0.155. The molecule has 0 bridgehead atoms. The van der Waals surface area contributed by atoms with Crippen molar-refractivity contribution in [3.05, 3.63) is 65.9 Å². The van der Waals surface area contributed by atoms with E-state index >= 15 is 0 Å². The van der Waals surface area contributed by atoms with Gasteiger partial charge in [0.05, 0.1) is 12.1 Å². The molecule has 0 aliphatic rings. The number of nitrogens with one attached hydrogen (secondary N) is 1. The molecule has 1 heterocycles. The summed E-state index contributed by atoms with van der Waals surface area (Å²) in [7, 11) is 0. The molecule has 5 heteroatoms. The first-order chi connectivity index (χ1) is 12.5. The zero-order valence-corrected chi connectivity index (χ0v) is 15.4. The van der Waals surface area contributed by atoms with Crippen LogP contribution >= 0.6 is 0 Å². The molecule has 0 aliphatic heterocycles. The van der Waals surface area contributed by atoms with E-state index in [1.54, 1.807) is 0 Å². The average molecular weight is 351 g/mol. The molecule has 2 unspecified atom stereocenters. The van der Waals surface area contributed by atoms with Gasteiger partial charge in [-0.1, -0.05) is 56.3 Å². The van der Waals surface area contributed by atoms with E-state index in [0.717, 1.165) is 22.8 Å². The Morgan fingerprint density at radius 1 is 1.15 bits per heavy atom. The van der Waals surface area contributed by atoms with Gasteiger partial charge in [-0.2, -0.15) is 0 Å². The van der Waals surface area contributed by atoms with Gasteiger partial charge in [0.2, 0.25) is 5.89 Å². The summed E-state index contributed by atoms with van der Waals surface area (Å²) in [5, 5.41) is 5.27. The minimum Gasteiger partial charge on any atom is -0.446 e. The molecule has 0 aliphatic carbocycles. The smallest absolute Gasteiger partial charge is 0.273 e. The number of oxazole rings is 1. The first kappa shape index (κ1) is 18.1. The number of aromatic nitrogens is 1. The largest absolute Gasteiger partial charge is 0.446 e. The Bertz CT molecular complexity index is 896. The standard InChI is InChI=1S/C21H25N3O2/c1-13(2)11-18(22)21-24-19(12-26-21)20(25)23-14(3)16-10-6-8-15-7-4-5-9-17(15)16/h4-10,12-14,18H,11,22H2,1-3H3,(H,23,25). The van der Waals surface area contributed by atoms with Gasteiger partial charge in [-0.15, -0.1) is 0 Å². The highest BCUT2D eigenvalue weighted by Crippen LogP contribution is 2.24. The van der Waals surface area contributed by atoms with Crippen LogP contribution in [-0.2, 0) is 0 Å². The lowest BCUT2D eigenvalue weighted by molar-refractivity contribution is 0.0935. The predicted octanol–water partition coefficient (Wildman–Crippen LogP) is 4.36. The third-order valence-corrected chi connectivity index (χ3v) is 4.43. The molecule has 3 rings (SSSR count). The number of rotatable bonds is 6. The van der Waals surface area contributed by atoms with Crippen LogP contribution in [0, 0.1) is 5.92 Å². The van der Waals surface area contributed by atoms with Crippen LogP contribution in [0.2, 0.25) is 0 Å². The Morgan fingerprint density at radius 2 is 1.88 bits per heavy atom. The van der Waals surface area contributed by atoms with Crippen LogP contribution in [0.5, 0.6) is 0 Å². The number of nitrogens with zero attached hydrogens (tertiary/aromatic N) is 1. The van der Waals surface area contributed by atoms with Crippen molar-refractivity contribution < 1.29 is 9.21 Å². The molecule has 3 aromatic rings. The van der Waals surface area contributed by atoms with Crippen LogP contribution < -0.4 is 11.1 Å². The summed E-state index contributed by atoms with van der Waals surface area (Å²) < 4.78 is 5.41. The predicted molar refractivity (Wildman–Crippen MR) is 103 cm³/mol. The van der Waals surface area contributed by atoms with Crippen molar-refractivity contribution >= 4 is 16.7 Å². The molecule has 2 atom stereocenters. The Hall–Kier alpha value is -2.66. The Kier molecular flexibility index (Phi) is 5.38. The summed E-state index contributed by atoms with van der Waals surface area (Å²) >= 11 is 0. The molecule has 1 aromatic heterocycles. The van der Waals surface area contributed by atoms with Crippen molar-refractivity contribution in [1.29, 1.82) is 0 Å². The fourth-order valence-electron chi connectivity index (χ4n) is 3.15. The molecule has 0 spiro atoms. The average Bonchev–Trinajstić information content (AvgIpc) is 3.11. The second kappa shape index (κ2) is 7.70. The van der Waals surface area contributed by atoms with E-state index in [9.17, 15) is 4.79 Å². The summed E-state index contributed by atoms with van der Waals surface area (Å²) in [5.41, 5.74) is 7.40. The highest BCUT2D eigenvalue weighted by atomic mass is 16.3. The van der Waals surface area contributed by atoms with Gasteiger partial charge in [-0.3, -0.25) is 4.79 Å². The first-order valence-electron chi connectivity index (χ1n) is 8.95. The summed E-state index contributed by atoms with van der Waals surface area (Å²) in [6, 6.07) is 13.8. The van der Waals surface area contributed by atoms with Crippen molar-refractivity contribution in [2.75, 3.05) is 0 Å². The van der Waals surface area contributed by atoms with E-state index in [4.69, 9.17) is 10.2 Å². The quantitative estimate of drug-likeness (QED) is 0.691. The lowest BCUT2D eigenvalue weighted by Crippen LogP contribution is -2.27. The van der Waals surface area contributed by atoms with E-state index in [1.165, 1.54) is 6.26 Å². The van der Waals surface area contributed by atoms with Gasteiger partial charge < -0.3 is 15.5 Å². The van der Waals surface area contributed by atoms with E-state index < -0.39 is 0 Å². The maximum absolute atomic E-state index is 12.5. The van der Waals surface area contributed by atoms with Crippen molar-refractivity contribution in [2.45, 2.75) is 39.3 Å². The van der Waals surface area contributed by atoms with Crippen LogP contribution in [0.3, 0.4) is 0 Å². The number of carbonyl (C=O) groups is 1. The molecule has 0 saturated heterocycles. The molecule has 26 heavy (non-hydrogen) atoms. The monoisotopic (exact) mass is 351 g/mol. The number of fused-ring (bicyclic) bond motifs is 1. The van der Waals surface area contributed by atoms with Crippen molar-refractivity contribution in [1.82, 2.24) is 10.3 Å². The Morgan fingerprint density at radius 3 is 2.65 bits per heavy atom. The van der Waals surface area contributed by atoms with E-state index in [-0.39, 0.29) is 23.7 Å². The van der Waals surface area contributed by atoms with Crippen molar-refractivity contribution in [3.8, 4) is 0 Å². The van der Waals surface area contributed by atoms with Crippen LogP contribution in [-0.4, -0.2) is 10.9 Å². The summed E-state index contributed by atoms with van der Waals surface area (Å²) in [6.45, 7) is 6.13. The normalized spacial score (nSPS) is 13.7. The van der Waals surface area contributed by atoms with Gasteiger partial charge in [0.25, 0.3) is 5.91 Å². The first-order valence-corrected chi connectivity index (χ1v) is 8.95. The Balaban J connectivity index is 1.74. The highest BCUT2D eigenvalue weighted by molar-refractivity contribution is 5.93. The lowest BCUT2D eigenvalue weighted by atomic mass is 9.99. The van der Waals surface area contributed by atoms with Gasteiger partial charge in [-0.25, -0.2) is 4.98 Å². The number of amides is 1. The van der Waals surface area contributed by atoms with Gasteiger partial charge in [0.1, 0.15) is 6.26 Å². The number of nitrogens with two attached hydrogens (primary N) is 1. The van der Waals surface area contributed by atoms with Gasteiger partial charge in [0, 0.05) is 0 Å². The molecular weight excluding hydrogens is 326 g/mol. The summed E-state index contributed by atoms with van der Waals surface area (Å²) in [5.74, 6) is 0.569. The second-order valence-corrected chi connectivity index (χ2v) is 7.07. The number of hydrogen-bond donors (Lipinski definition) is 2. The third-order valence-electron chi connectivity index (χ3n) is 4.43. The van der Waals surface area contributed by atoms with Crippen LogP contribution in [0.25, 0.3) is 10.8 Å². The molecule has 0 fully saturated rings. The number of hydrogen-bond acceptors (Lipinski definition) is 4. The molecule has 0 radical (unpaired) electrons. The van der Waals surface area contributed by atoms with Gasteiger partial charge in [-0.05, 0) is 35.6 Å². The van der Waals surface area contributed by atoms with E-state index in [1.807, 2.05) is 31.2 Å². The number of benzene rings is 2. The molecule has 136 valence electrons. The maximum Gasteiger partial charge on any atom is 0.273 e.